The Balaban J connectivity index is 2.91. The average Bonchev–Trinajstić information content (AvgIpc) is 2.90. The van der Waals surface area contributed by atoms with Crippen molar-refractivity contribution >= 4 is 12.1 Å². The van der Waals surface area contributed by atoms with Crippen LogP contribution in [0.2, 0.25) is 0 Å². The van der Waals surface area contributed by atoms with Gasteiger partial charge in [0.15, 0.2) is 0 Å². The van der Waals surface area contributed by atoms with Gasteiger partial charge in [-0.15, -0.1) is 0 Å². The van der Waals surface area contributed by atoms with E-state index in [0.29, 0.717) is 30.2 Å². The van der Waals surface area contributed by atoms with Crippen LogP contribution in [0.25, 0.3) is 0 Å². The van der Waals surface area contributed by atoms with Crippen LogP contribution in [0.3, 0.4) is 0 Å². The minimum atomic E-state index is -0.725. The van der Waals surface area contributed by atoms with Crippen molar-refractivity contribution in [3.63, 3.8) is 0 Å². The quantitative estimate of drug-likeness (QED) is 0.731. The Morgan fingerprint density at radius 1 is 1.23 bits per heavy atom. The third-order valence-electron chi connectivity index (χ3n) is 3.69. The third-order valence-corrected chi connectivity index (χ3v) is 3.69. The number of nitrogens with zero attached hydrogens (tertiary/aromatic N) is 1. The predicted molar refractivity (Wildman–Crippen MR) is 97.6 cm³/mol. The van der Waals surface area contributed by atoms with Gasteiger partial charge in [-0.05, 0) is 47.0 Å². The van der Waals surface area contributed by atoms with Gasteiger partial charge >= 0.3 is 12.1 Å². The number of carbonyl (C=O) groups excluding carboxylic acids is 2. The molecule has 148 valence electrons. The topological polar surface area (TPSA) is 90.7 Å². The Bertz CT molecular complexity index is 614. The maximum Gasteiger partial charge on any atom is 0.408 e. The van der Waals surface area contributed by atoms with Crippen LogP contribution in [0, 0.1) is 11.3 Å². The van der Waals surface area contributed by atoms with Crippen LogP contribution in [0.1, 0.15) is 72.4 Å². The van der Waals surface area contributed by atoms with E-state index in [9.17, 15) is 9.59 Å². The van der Waals surface area contributed by atoms with Gasteiger partial charge in [-0.25, -0.2) is 4.79 Å². The smallest absolute Gasteiger partial charge is 0.408 e. The first-order valence-corrected chi connectivity index (χ1v) is 8.87. The van der Waals surface area contributed by atoms with E-state index in [1.807, 2.05) is 20.8 Å². The van der Waals surface area contributed by atoms with Gasteiger partial charge in [-0.2, -0.15) is 0 Å². The lowest BCUT2D eigenvalue weighted by molar-refractivity contribution is -0.150. The maximum absolute atomic E-state index is 12.1. The van der Waals surface area contributed by atoms with Crippen molar-refractivity contribution in [1.82, 2.24) is 10.5 Å². The van der Waals surface area contributed by atoms with Crippen molar-refractivity contribution in [2.24, 2.45) is 11.3 Å². The molecule has 1 amide bonds. The minimum absolute atomic E-state index is 0.318. The van der Waals surface area contributed by atoms with Gasteiger partial charge < -0.3 is 19.3 Å². The molecule has 1 aromatic rings. The van der Waals surface area contributed by atoms with E-state index in [2.05, 4.69) is 24.3 Å². The molecule has 1 heterocycles. The molecule has 0 aromatic carbocycles. The number of alkyl carbamates (subject to hydrolysis) is 1. The molecule has 0 saturated heterocycles. The van der Waals surface area contributed by atoms with E-state index < -0.39 is 17.1 Å². The predicted octanol–water partition coefficient (Wildman–Crippen LogP) is 4.03. The van der Waals surface area contributed by atoms with Crippen LogP contribution in [0.15, 0.2) is 10.6 Å². The van der Waals surface area contributed by atoms with Gasteiger partial charge in [-0.1, -0.05) is 19.0 Å². The highest BCUT2D eigenvalue weighted by atomic mass is 16.6. The number of hydrogen-bond acceptors (Lipinski definition) is 6. The van der Waals surface area contributed by atoms with Crippen LogP contribution in [0.5, 0.6) is 0 Å². The van der Waals surface area contributed by atoms with Gasteiger partial charge in [0.2, 0.25) is 0 Å². The summed E-state index contributed by atoms with van der Waals surface area (Å²) in [6.07, 6.45) is 0.543. The molecule has 0 aliphatic carbocycles. The van der Waals surface area contributed by atoms with E-state index in [1.165, 1.54) is 7.11 Å². The number of amides is 1. The average molecular weight is 368 g/mol. The molecule has 7 nitrogen and oxygen atoms in total. The molecule has 1 atom stereocenters. The Morgan fingerprint density at radius 2 is 1.85 bits per heavy atom. The van der Waals surface area contributed by atoms with Crippen molar-refractivity contribution < 1.29 is 23.6 Å². The zero-order chi connectivity index (χ0) is 20.1. The molecular weight excluding hydrogens is 336 g/mol. The summed E-state index contributed by atoms with van der Waals surface area (Å²) in [5.41, 5.74) is -0.691. The number of ether oxygens (including phenoxy) is 2. The summed E-state index contributed by atoms with van der Waals surface area (Å²) in [4.78, 5) is 24.0. The Morgan fingerprint density at radius 3 is 2.35 bits per heavy atom. The SMILES string of the molecule is COC(=O)C(C)(C)Cc1cc(C(CC(C)C)NC(=O)OC(C)(C)C)no1. The molecule has 1 N–H and O–H groups in total. The largest absolute Gasteiger partial charge is 0.469 e. The molecule has 0 aliphatic heterocycles. The lowest BCUT2D eigenvalue weighted by Crippen LogP contribution is -2.35. The summed E-state index contributed by atoms with van der Waals surface area (Å²) in [5.74, 6) is 0.581. The molecule has 1 unspecified atom stereocenters. The number of carbonyl (C=O) groups is 2. The Hall–Kier alpha value is -2.05. The molecule has 0 saturated carbocycles. The molecular formula is C19H32N2O5. The summed E-state index contributed by atoms with van der Waals surface area (Å²) in [6, 6.07) is 1.44. The Labute approximate surface area is 155 Å². The van der Waals surface area contributed by atoms with Crippen LogP contribution in [0.4, 0.5) is 4.79 Å². The standard InChI is InChI=1S/C19H32N2O5/c1-12(2)9-14(20-17(23)25-18(3,4)5)15-10-13(26-21-15)11-19(6,7)16(22)24-8/h10,12,14H,9,11H2,1-8H3,(H,20,23). The van der Waals surface area contributed by atoms with E-state index in [0.717, 1.165) is 0 Å². The summed E-state index contributed by atoms with van der Waals surface area (Å²) in [5, 5.41) is 6.95. The van der Waals surface area contributed by atoms with Crippen molar-refractivity contribution in [1.29, 1.82) is 0 Å². The molecule has 0 fully saturated rings. The zero-order valence-corrected chi connectivity index (χ0v) is 17.1. The zero-order valence-electron chi connectivity index (χ0n) is 17.1. The lowest BCUT2D eigenvalue weighted by Gasteiger charge is -2.23. The fourth-order valence-corrected chi connectivity index (χ4v) is 2.54. The third kappa shape index (κ3) is 7.06. The highest BCUT2D eigenvalue weighted by Crippen LogP contribution is 2.27. The second-order valence-electron chi connectivity index (χ2n) is 8.60. The molecule has 26 heavy (non-hydrogen) atoms. The monoisotopic (exact) mass is 368 g/mol. The summed E-state index contributed by atoms with van der Waals surface area (Å²) >= 11 is 0. The van der Waals surface area contributed by atoms with Crippen molar-refractivity contribution in [3.8, 4) is 0 Å². The highest BCUT2D eigenvalue weighted by Gasteiger charge is 2.31. The number of esters is 1. The summed E-state index contributed by atoms with van der Waals surface area (Å²) in [6.45, 7) is 13.1. The number of methoxy groups -OCH3 is 1. The first kappa shape index (κ1) is 22.0. The molecule has 7 heteroatoms. The highest BCUT2D eigenvalue weighted by molar-refractivity contribution is 5.76. The lowest BCUT2D eigenvalue weighted by atomic mass is 9.88. The molecule has 1 aromatic heterocycles. The van der Waals surface area contributed by atoms with Crippen LogP contribution < -0.4 is 5.32 Å². The van der Waals surface area contributed by atoms with Gasteiger partial charge in [0.25, 0.3) is 0 Å². The van der Waals surface area contributed by atoms with Gasteiger partial charge in [-0.3, -0.25) is 4.79 Å². The van der Waals surface area contributed by atoms with Crippen molar-refractivity contribution in [2.45, 2.75) is 73.0 Å². The van der Waals surface area contributed by atoms with Crippen LogP contribution >= 0.6 is 0 Å². The van der Waals surface area contributed by atoms with Crippen molar-refractivity contribution in [3.05, 3.63) is 17.5 Å². The maximum atomic E-state index is 12.1. The second-order valence-corrected chi connectivity index (χ2v) is 8.60. The molecule has 1 rings (SSSR count). The fourth-order valence-electron chi connectivity index (χ4n) is 2.54. The fraction of sp³-hybridized carbons (Fsp3) is 0.737. The van der Waals surface area contributed by atoms with Gasteiger partial charge in [0, 0.05) is 12.5 Å². The molecule has 0 aliphatic rings. The number of hydrogen-bond donors (Lipinski definition) is 1. The van der Waals surface area contributed by atoms with E-state index in [1.54, 1.807) is 19.9 Å². The summed E-state index contributed by atoms with van der Waals surface area (Å²) < 4.78 is 15.5. The normalized spacial score (nSPS) is 13.4. The van der Waals surface area contributed by atoms with Crippen LogP contribution in [-0.2, 0) is 20.7 Å². The second kappa shape index (κ2) is 8.56. The molecule has 0 spiro atoms. The van der Waals surface area contributed by atoms with Crippen LogP contribution in [-0.4, -0.2) is 29.9 Å². The first-order valence-electron chi connectivity index (χ1n) is 8.87. The van der Waals surface area contributed by atoms with E-state index >= 15 is 0 Å². The molecule has 0 bridgehead atoms. The number of aromatic nitrogens is 1. The van der Waals surface area contributed by atoms with Gasteiger partial charge in [0.1, 0.15) is 17.1 Å². The van der Waals surface area contributed by atoms with Gasteiger partial charge in [0.05, 0.1) is 18.6 Å². The number of nitrogens with one attached hydrogen (secondary N) is 1. The van der Waals surface area contributed by atoms with E-state index in [-0.39, 0.29) is 12.0 Å². The van der Waals surface area contributed by atoms with E-state index in [4.69, 9.17) is 14.0 Å². The number of rotatable bonds is 7. The molecule has 0 radical (unpaired) electrons. The van der Waals surface area contributed by atoms with Crippen molar-refractivity contribution in [2.75, 3.05) is 7.11 Å². The Kier molecular flexibility index (Phi) is 7.24. The minimum Gasteiger partial charge on any atom is -0.469 e. The first-order chi connectivity index (χ1) is 11.8. The summed E-state index contributed by atoms with van der Waals surface area (Å²) in [7, 11) is 1.36.